The number of nitrogens with one attached hydrogen (secondary N) is 2. The van der Waals surface area contributed by atoms with E-state index < -0.39 is 0 Å². The van der Waals surface area contributed by atoms with E-state index in [0.717, 1.165) is 10.2 Å². The van der Waals surface area contributed by atoms with Gasteiger partial charge in [-0.1, -0.05) is 12.1 Å². The van der Waals surface area contributed by atoms with Crippen molar-refractivity contribution < 1.29 is 4.79 Å². The highest BCUT2D eigenvalue weighted by atomic mass is 79.9. The summed E-state index contributed by atoms with van der Waals surface area (Å²) in [5, 5.41) is 3.22. The lowest BCUT2D eigenvalue weighted by Gasteiger charge is -1.98. The minimum absolute atomic E-state index is 0.208. The van der Waals surface area contributed by atoms with Gasteiger partial charge in [-0.25, -0.2) is 4.99 Å². The van der Waals surface area contributed by atoms with Crippen molar-refractivity contribution in [3.63, 3.8) is 0 Å². The van der Waals surface area contributed by atoms with E-state index in [2.05, 4.69) is 31.2 Å². The Morgan fingerprint density at radius 2 is 2.00 bits per heavy atom. The van der Waals surface area contributed by atoms with Crippen LogP contribution in [-0.4, -0.2) is 16.1 Å². The van der Waals surface area contributed by atoms with Crippen molar-refractivity contribution in [2.75, 3.05) is 0 Å². The van der Waals surface area contributed by atoms with E-state index in [0.29, 0.717) is 15.6 Å². The summed E-state index contributed by atoms with van der Waals surface area (Å²) in [6.45, 7) is 0. The van der Waals surface area contributed by atoms with Crippen LogP contribution in [0.25, 0.3) is 6.08 Å². The number of aromatic amines is 1. The number of halogens is 1. The minimum atomic E-state index is -0.226. The van der Waals surface area contributed by atoms with Gasteiger partial charge in [0.2, 0.25) is 5.56 Å². The van der Waals surface area contributed by atoms with Gasteiger partial charge in [0.05, 0.1) is 10.6 Å². The Morgan fingerprint density at radius 3 is 2.77 bits per heavy atom. The molecule has 22 heavy (non-hydrogen) atoms. The second-order valence-corrected chi connectivity index (χ2v) is 6.30. The number of carbonyl (C=O) groups excluding carboxylic acids is 1. The van der Waals surface area contributed by atoms with E-state index >= 15 is 0 Å². The van der Waals surface area contributed by atoms with Gasteiger partial charge in [0.15, 0.2) is 5.17 Å². The normalized spacial score (nSPS) is 18.0. The number of nitrogens with zero attached hydrogens (tertiary/aromatic N) is 1. The van der Waals surface area contributed by atoms with Crippen LogP contribution in [0.2, 0.25) is 0 Å². The third kappa shape index (κ3) is 3.37. The molecule has 1 aromatic carbocycles. The number of pyridine rings is 1. The molecule has 110 valence electrons. The second kappa shape index (κ2) is 6.33. The molecule has 0 unspecified atom stereocenters. The van der Waals surface area contributed by atoms with Crippen molar-refractivity contribution in [2.24, 2.45) is 4.99 Å². The zero-order valence-corrected chi connectivity index (χ0v) is 13.6. The van der Waals surface area contributed by atoms with Crippen LogP contribution in [0, 0.1) is 0 Å². The van der Waals surface area contributed by atoms with Crippen LogP contribution in [0.15, 0.2) is 61.8 Å². The number of para-hydroxylation sites is 1. The third-order valence-electron chi connectivity index (χ3n) is 2.82. The van der Waals surface area contributed by atoms with Gasteiger partial charge in [0, 0.05) is 16.7 Å². The lowest BCUT2D eigenvalue weighted by atomic mass is 10.2. The highest BCUT2D eigenvalue weighted by molar-refractivity contribution is 9.10. The molecule has 2 N–H and O–H groups in total. The standard InChI is InChI=1S/C15H10BrN3O2S/c16-10-3-1-2-4-11(10)18-15-19-14(21)12(22-15)7-9-5-6-17-13(20)8-9/h1-8H,(H,17,20)(H,18,19,21)/b12-7-. The molecular weight excluding hydrogens is 366 g/mol. The number of hydrogen-bond acceptors (Lipinski definition) is 4. The zero-order valence-electron chi connectivity index (χ0n) is 11.2. The van der Waals surface area contributed by atoms with E-state index in [1.54, 1.807) is 18.3 Å². The molecule has 0 saturated carbocycles. The maximum absolute atomic E-state index is 12.0. The Kier molecular flexibility index (Phi) is 4.26. The number of aromatic nitrogens is 1. The molecule has 0 atom stereocenters. The van der Waals surface area contributed by atoms with Crippen LogP contribution in [0.4, 0.5) is 5.69 Å². The lowest BCUT2D eigenvalue weighted by Crippen LogP contribution is -2.19. The van der Waals surface area contributed by atoms with Crippen molar-refractivity contribution in [3.05, 3.63) is 67.9 Å². The Morgan fingerprint density at radius 1 is 1.18 bits per heavy atom. The Balaban J connectivity index is 1.88. The molecule has 0 bridgehead atoms. The van der Waals surface area contributed by atoms with E-state index in [4.69, 9.17) is 0 Å². The number of benzene rings is 1. The molecule has 0 aliphatic carbocycles. The molecule has 7 heteroatoms. The summed E-state index contributed by atoms with van der Waals surface area (Å²) in [4.78, 5) is 30.7. The number of amides is 1. The first kappa shape index (κ1) is 14.8. The van der Waals surface area contributed by atoms with Gasteiger partial charge in [-0.2, -0.15) is 0 Å². The number of aliphatic imine (C=N–C) groups is 1. The first-order chi connectivity index (χ1) is 10.6. The lowest BCUT2D eigenvalue weighted by molar-refractivity contribution is -0.115. The molecule has 0 radical (unpaired) electrons. The quantitative estimate of drug-likeness (QED) is 0.792. The fraction of sp³-hybridized carbons (Fsp3) is 0. The average molecular weight is 376 g/mol. The van der Waals surface area contributed by atoms with Crippen LogP contribution in [-0.2, 0) is 4.79 Å². The van der Waals surface area contributed by atoms with Crippen LogP contribution >= 0.6 is 27.7 Å². The predicted molar refractivity (Wildman–Crippen MR) is 92.0 cm³/mol. The van der Waals surface area contributed by atoms with Gasteiger partial charge < -0.3 is 10.3 Å². The minimum Gasteiger partial charge on any atom is -0.329 e. The summed E-state index contributed by atoms with van der Waals surface area (Å²) in [5.74, 6) is -0.226. The fourth-order valence-corrected chi connectivity index (χ4v) is 3.04. The van der Waals surface area contributed by atoms with E-state index in [1.807, 2.05) is 24.3 Å². The molecule has 2 heterocycles. The van der Waals surface area contributed by atoms with Crippen LogP contribution in [0.5, 0.6) is 0 Å². The van der Waals surface area contributed by atoms with Crippen LogP contribution in [0.1, 0.15) is 5.56 Å². The van der Waals surface area contributed by atoms with E-state index in [-0.39, 0.29) is 11.5 Å². The summed E-state index contributed by atoms with van der Waals surface area (Å²) in [7, 11) is 0. The van der Waals surface area contributed by atoms with Crippen LogP contribution in [0.3, 0.4) is 0 Å². The molecule has 1 saturated heterocycles. The molecule has 1 aliphatic rings. The summed E-state index contributed by atoms with van der Waals surface area (Å²) in [6.07, 6.45) is 3.21. The first-order valence-electron chi connectivity index (χ1n) is 6.35. The molecule has 1 aromatic heterocycles. The van der Waals surface area contributed by atoms with Crippen molar-refractivity contribution in [1.29, 1.82) is 0 Å². The zero-order chi connectivity index (χ0) is 15.5. The van der Waals surface area contributed by atoms with Crippen molar-refractivity contribution in [2.45, 2.75) is 0 Å². The van der Waals surface area contributed by atoms with Gasteiger partial charge in [-0.3, -0.25) is 9.59 Å². The smallest absolute Gasteiger partial charge is 0.264 e. The maximum atomic E-state index is 12.0. The molecule has 5 nitrogen and oxygen atoms in total. The number of amidine groups is 1. The topological polar surface area (TPSA) is 74.3 Å². The van der Waals surface area contributed by atoms with E-state index in [9.17, 15) is 9.59 Å². The molecule has 1 amide bonds. The highest BCUT2D eigenvalue weighted by Gasteiger charge is 2.23. The molecule has 3 rings (SSSR count). The monoisotopic (exact) mass is 375 g/mol. The summed E-state index contributed by atoms with van der Waals surface area (Å²) >= 11 is 4.65. The molecule has 1 fully saturated rings. The number of carbonyl (C=O) groups is 1. The second-order valence-electron chi connectivity index (χ2n) is 4.42. The molecular formula is C15H10BrN3O2S. The van der Waals surface area contributed by atoms with Crippen molar-refractivity contribution in [3.8, 4) is 0 Å². The SMILES string of the molecule is O=C1NC(=Nc2ccccc2Br)S/C1=C\c1cc[nH]c(=O)c1. The third-order valence-corrected chi connectivity index (χ3v) is 4.40. The number of H-pyrrole nitrogens is 1. The number of hydrogen-bond donors (Lipinski definition) is 2. The highest BCUT2D eigenvalue weighted by Crippen LogP contribution is 2.30. The molecule has 0 spiro atoms. The van der Waals surface area contributed by atoms with Gasteiger partial charge in [-0.05, 0) is 57.5 Å². The van der Waals surface area contributed by atoms with Crippen LogP contribution < -0.4 is 10.9 Å². The molecule has 2 aromatic rings. The Labute approximate surface area is 138 Å². The van der Waals surface area contributed by atoms with E-state index in [1.165, 1.54) is 17.8 Å². The average Bonchev–Trinajstić information content (AvgIpc) is 2.81. The van der Waals surface area contributed by atoms with Gasteiger partial charge in [0.25, 0.3) is 5.91 Å². The van der Waals surface area contributed by atoms with Crippen molar-refractivity contribution in [1.82, 2.24) is 10.3 Å². The summed E-state index contributed by atoms with van der Waals surface area (Å²) in [5.41, 5.74) is 1.20. The maximum Gasteiger partial charge on any atom is 0.264 e. The first-order valence-corrected chi connectivity index (χ1v) is 7.95. The molecule has 1 aliphatic heterocycles. The number of thioether (sulfide) groups is 1. The largest absolute Gasteiger partial charge is 0.329 e. The van der Waals surface area contributed by atoms with Gasteiger partial charge >= 0.3 is 0 Å². The Bertz CT molecular complexity index is 858. The van der Waals surface area contributed by atoms with Gasteiger partial charge in [-0.15, -0.1) is 0 Å². The van der Waals surface area contributed by atoms with Crippen molar-refractivity contribution >= 4 is 50.5 Å². The summed E-state index contributed by atoms with van der Waals surface area (Å²) in [6, 6.07) is 10.7. The fourth-order valence-electron chi connectivity index (χ4n) is 1.83. The predicted octanol–water partition coefficient (Wildman–Crippen LogP) is 3.03. The summed E-state index contributed by atoms with van der Waals surface area (Å²) < 4.78 is 0.851. The Hall–Kier alpha value is -2.12. The number of rotatable bonds is 2. The van der Waals surface area contributed by atoms with Gasteiger partial charge in [0.1, 0.15) is 0 Å².